The number of benzene rings is 1. The van der Waals surface area contributed by atoms with Crippen molar-refractivity contribution in [2.45, 2.75) is 19.9 Å². The maximum absolute atomic E-state index is 12.4. The third-order valence-electron chi connectivity index (χ3n) is 3.09. The van der Waals surface area contributed by atoms with E-state index in [4.69, 9.17) is 0 Å². The van der Waals surface area contributed by atoms with Crippen LogP contribution in [0.3, 0.4) is 0 Å². The molecule has 1 aromatic rings. The van der Waals surface area contributed by atoms with Crippen molar-refractivity contribution in [3.8, 4) is 0 Å². The molecule has 1 N–H and O–H groups in total. The first kappa shape index (κ1) is 17.8. The lowest BCUT2D eigenvalue weighted by molar-refractivity contribution is -0.384. The first-order chi connectivity index (χ1) is 9.72. The van der Waals surface area contributed by atoms with Crippen LogP contribution in [0.1, 0.15) is 24.2 Å². The number of rotatable bonds is 6. The van der Waals surface area contributed by atoms with Crippen molar-refractivity contribution in [3.05, 3.63) is 37.4 Å². The molecule has 116 valence electrons. The number of likely N-dealkylation sites (N-methyl/N-ethyl adjacent to an activating group) is 1. The molecule has 1 unspecified atom stereocenters. The van der Waals surface area contributed by atoms with E-state index in [9.17, 15) is 14.9 Å². The standard InChI is InChI=1S/C14H20IN3O3/c1-9(2)13(8-17(3)4)16-14(19)11-7-10(18(20)21)5-6-12(11)15/h5-7,9,13H,8H2,1-4H3,(H,16,19). The number of nitrogens with zero attached hydrogens (tertiary/aromatic N) is 2. The lowest BCUT2D eigenvalue weighted by Crippen LogP contribution is -2.45. The van der Waals surface area contributed by atoms with Gasteiger partial charge in [0.15, 0.2) is 0 Å². The average molecular weight is 405 g/mol. The van der Waals surface area contributed by atoms with Crippen LogP contribution in [0.5, 0.6) is 0 Å². The molecule has 1 amide bonds. The molecule has 6 nitrogen and oxygen atoms in total. The lowest BCUT2D eigenvalue weighted by Gasteiger charge is -2.25. The largest absolute Gasteiger partial charge is 0.348 e. The van der Waals surface area contributed by atoms with Crippen molar-refractivity contribution in [3.63, 3.8) is 0 Å². The Labute approximate surface area is 138 Å². The molecular weight excluding hydrogens is 385 g/mol. The summed E-state index contributed by atoms with van der Waals surface area (Å²) >= 11 is 2.01. The number of carbonyl (C=O) groups is 1. The van der Waals surface area contributed by atoms with Crippen LogP contribution in [-0.4, -0.2) is 42.4 Å². The predicted octanol–water partition coefficient (Wildman–Crippen LogP) is 2.52. The van der Waals surface area contributed by atoms with E-state index < -0.39 is 4.92 Å². The fraction of sp³-hybridized carbons (Fsp3) is 0.500. The molecular formula is C14H20IN3O3. The highest BCUT2D eigenvalue weighted by molar-refractivity contribution is 14.1. The van der Waals surface area contributed by atoms with E-state index in [2.05, 4.69) is 5.32 Å². The summed E-state index contributed by atoms with van der Waals surface area (Å²) in [5.74, 6) is -0.00337. The molecule has 0 radical (unpaired) electrons. The van der Waals surface area contributed by atoms with E-state index in [0.29, 0.717) is 9.13 Å². The highest BCUT2D eigenvalue weighted by atomic mass is 127. The molecule has 21 heavy (non-hydrogen) atoms. The first-order valence-corrected chi connectivity index (χ1v) is 7.69. The topological polar surface area (TPSA) is 75.5 Å². The van der Waals surface area contributed by atoms with Gasteiger partial charge in [0.1, 0.15) is 0 Å². The Morgan fingerprint density at radius 1 is 1.43 bits per heavy atom. The molecule has 7 heteroatoms. The van der Waals surface area contributed by atoms with Crippen LogP contribution in [-0.2, 0) is 0 Å². The third-order valence-corrected chi connectivity index (χ3v) is 4.03. The zero-order valence-corrected chi connectivity index (χ0v) is 14.7. The highest BCUT2D eigenvalue weighted by Crippen LogP contribution is 2.20. The van der Waals surface area contributed by atoms with Crippen molar-refractivity contribution in [2.24, 2.45) is 5.92 Å². The van der Waals surface area contributed by atoms with Gasteiger partial charge in [-0.3, -0.25) is 14.9 Å². The zero-order chi connectivity index (χ0) is 16.2. The van der Waals surface area contributed by atoms with Gasteiger partial charge in [0.2, 0.25) is 0 Å². The second kappa shape index (κ2) is 7.69. The lowest BCUT2D eigenvalue weighted by atomic mass is 10.0. The number of nitro groups is 1. The average Bonchev–Trinajstić information content (AvgIpc) is 2.37. The maximum Gasteiger partial charge on any atom is 0.270 e. The number of amides is 1. The quantitative estimate of drug-likeness (QED) is 0.449. The molecule has 1 aromatic carbocycles. The van der Waals surface area contributed by atoms with Crippen LogP contribution in [0.15, 0.2) is 18.2 Å². The molecule has 0 aliphatic heterocycles. The predicted molar refractivity (Wildman–Crippen MR) is 90.5 cm³/mol. The van der Waals surface area contributed by atoms with Gasteiger partial charge in [-0.05, 0) is 48.7 Å². The summed E-state index contributed by atoms with van der Waals surface area (Å²) in [6.45, 7) is 4.79. The highest BCUT2D eigenvalue weighted by Gasteiger charge is 2.21. The molecule has 0 aromatic heterocycles. The molecule has 0 spiro atoms. The molecule has 1 atom stereocenters. The van der Waals surface area contributed by atoms with Gasteiger partial charge in [-0.15, -0.1) is 0 Å². The Hall–Kier alpha value is -1.22. The van der Waals surface area contributed by atoms with Gasteiger partial charge in [-0.25, -0.2) is 0 Å². The van der Waals surface area contributed by atoms with E-state index >= 15 is 0 Å². The van der Waals surface area contributed by atoms with Crippen molar-refractivity contribution in [2.75, 3.05) is 20.6 Å². The monoisotopic (exact) mass is 405 g/mol. The molecule has 0 saturated heterocycles. The van der Waals surface area contributed by atoms with Crippen molar-refractivity contribution >= 4 is 34.2 Å². The van der Waals surface area contributed by atoms with E-state index in [1.54, 1.807) is 6.07 Å². The smallest absolute Gasteiger partial charge is 0.270 e. The molecule has 0 aliphatic rings. The minimum Gasteiger partial charge on any atom is -0.348 e. The molecule has 0 fully saturated rings. The molecule has 0 saturated carbocycles. The van der Waals surface area contributed by atoms with E-state index in [0.717, 1.165) is 6.54 Å². The van der Waals surface area contributed by atoms with Gasteiger partial charge in [0.05, 0.1) is 10.5 Å². The minimum absolute atomic E-state index is 0.0115. The zero-order valence-electron chi connectivity index (χ0n) is 12.6. The van der Waals surface area contributed by atoms with Gasteiger partial charge < -0.3 is 10.2 Å². The Balaban J connectivity index is 2.96. The summed E-state index contributed by atoms with van der Waals surface area (Å²) in [4.78, 5) is 24.7. The Morgan fingerprint density at radius 2 is 2.05 bits per heavy atom. The second-order valence-electron chi connectivity index (χ2n) is 5.51. The number of nitro benzene ring substituents is 1. The number of hydrogen-bond acceptors (Lipinski definition) is 4. The summed E-state index contributed by atoms with van der Waals surface area (Å²) in [6, 6.07) is 4.30. The van der Waals surface area contributed by atoms with E-state index in [-0.39, 0.29) is 23.6 Å². The molecule has 1 rings (SSSR count). The van der Waals surface area contributed by atoms with Gasteiger partial charge >= 0.3 is 0 Å². The summed E-state index contributed by atoms with van der Waals surface area (Å²) in [7, 11) is 3.89. The van der Waals surface area contributed by atoms with Crippen LogP contribution in [0.4, 0.5) is 5.69 Å². The Kier molecular flexibility index (Phi) is 6.53. The first-order valence-electron chi connectivity index (χ1n) is 6.62. The number of nitrogens with one attached hydrogen (secondary N) is 1. The maximum atomic E-state index is 12.4. The van der Waals surface area contributed by atoms with E-state index in [1.807, 2.05) is 55.4 Å². The van der Waals surface area contributed by atoms with Crippen molar-refractivity contribution in [1.82, 2.24) is 10.2 Å². The van der Waals surface area contributed by atoms with Crippen LogP contribution in [0.2, 0.25) is 0 Å². The Morgan fingerprint density at radius 3 is 2.52 bits per heavy atom. The van der Waals surface area contributed by atoms with Gasteiger partial charge in [0.25, 0.3) is 11.6 Å². The van der Waals surface area contributed by atoms with Crippen LogP contribution < -0.4 is 5.32 Å². The summed E-state index contributed by atoms with van der Waals surface area (Å²) in [6.07, 6.45) is 0. The number of hydrogen-bond donors (Lipinski definition) is 1. The van der Waals surface area contributed by atoms with Gasteiger partial charge in [-0.1, -0.05) is 13.8 Å². The number of carbonyl (C=O) groups excluding carboxylic acids is 1. The van der Waals surface area contributed by atoms with E-state index in [1.165, 1.54) is 12.1 Å². The van der Waals surface area contributed by atoms with Crippen LogP contribution in [0.25, 0.3) is 0 Å². The summed E-state index contributed by atoms with van der Waals surface area (Å²) in [5, 5.41) is 13.8. The minimum atomic E-state index is -0.493. The van der Waals surface area contributed by atoms with Crippen LogP contribution in [0, 0.1) is 19.6 Å². The van der Waals surface area contributed by atoms with Crippen molar-refractivity contribution < 1.29 is 9.72 Å². The molecule has 0 aliphatic carbocycles. The van der Waals surface area contributed by atoms with Gasteiger partial charge in [-0.2, -0.15) is 0 Å². The number of halogens is 1. The second-order valence-corrected chi connectivity index (χ2v) is 6.67. The fourth-order valence-electron chi connectivity index (χ4n) is 1.86. The fourth-order valence-corrected chi connectivity index (χ4v) is 2.44. The molecule has 0 bridgehead atoms. The Bertz CT molecular complexity index is 532. The molecule has 0 heterocycles. The number of non-ortho nitro benzene ring substituents is 1. The van der Waals surface area contributed by atoms with Crippen LogP contribution >= 0.6 is 22.6 Å². The third kappa shape index (κ3) is 5.24. The van der Waals surface area contributed by atoms with Crippen molar-refractivity contribution in [1.29, 1.82) is 0 Å². The summed E-state index contributed by atoms with van der Waals surface area (Å²) < 4.78 is 0.697. The van der Waals surface area contributed by atoms with Gasteiger partial charge in [0, 0.05) is 28.3 Å². The normalized spacial score (nSPS) is 12.5. The SMILES string of the molecule is CC(C)C(CN(C)C)NC(=O)c1cc([N+](=O)[O-])ccc1I. The summed E-state index contributed by atoms with van der Waals surface area (Å²) in [5.41, 5.74) is 0.267.